The van der Waals surface area contributed by atoms with E-state index in [0.717, 1.165) is 35.9 Å². The number of hydrogen-bond acceptors (Lipinski definition) is 6. The molecule has 31 heavy (non-hydrogen) atoms. The number of carbonyl (C=O) groups excluding carboxylic acids is 1. The van der Waals surface area contributed by atoms with Gasteiger partial charge in [-0.2, -0.15) is 10.1 Å². The average molecular weight is 507 g/mol. The molecule has 4 rings (SSSR count). The van der Waals surface area contributed by atoms with Crippen molar-refractivity contribution >= 4 is 50.4 Å². The van der Waals surface area contributed by atoms with Gasteiger partial charge in [0.15, 0.2) is 5.65 Å². The molecular formula is C21H25BrClN7O. The Balaban J connectivity index is 1.67. The van der Waals surface area contributed by atoms with E-state index in [1.165, 1.54) is 0 Å². The molecule has 0 bridgehead atoms. The van der Waals surface area contributed by atoms with Crippen LogP contribution in [0.3, 0.4) is 0 Å². The van der Waals surface area contributed by atoms with Crippen molar-refractivity contribution in [2.75, 3.05) is 12.4 Å². The fourth-order valence-corrected chi connectivity index (χ4v) is 4.83. The molecule has 164 valence electrons. The zero-order chi connectivity index (χ0) is 22.3. The summed E-state index contributed by atoms with van der Waals surface area (Å²) in [5.41, 5.74) is 8.01. The molecule has 3 aromatic rings. The highest BCUT2D eigenvalue weighted by Gasteiger charge is 2.40. The summed E-state index contributed by atoms with van der Waals surface area (Å²) in [6.45, 7) is 3.91. The number of nitrogens with zero attached hydrogens (tertiary/aromatic N) is 4. The zero-order valence-electron chi connectivity index (χ0n) is 17.6. The Kier molecular flexibility index (Phi) is 5.93. The van der Waals surface area contributed by atoms with Crippen LogP contribution in [0.25, 0.3) is 16.7 Å². The van der Waals surface area contributed by atoms with E-state index in [4.69, 9.17) is 22.3 Å². The first-order valence-corrected chi connectivity index (χ1v) is 11.3. The molecule has 0 spiro atoms. The number of carbonyl (C=O) groups is 1. The molecule has 0 radical (unpaired) electrons. The van der Waals surface area contributed by atoms with E-state index in [1.54, 1.807) is 17.9 Å². The van der Waals surface area contributed by atoms with Crippen LogP contribution in [0.5, 0.6) is 0 Å². The summed E-state index contributed by atoms with van der Waals surface area (Å²) < 4.78 is 2.37. The molecule has 2 heterocycles. The van der Waals surface area contributed by atoms with Crippen LogP contribution in [0.15, 0.2) is 29.0 Å². The monoisotopic (exact) mass is 505 g/mol. The largest absolute Gasteiger partial charge is 0.359 e. The lowest BCUT2D eigenvalue weighted by molar-refractivity contribution is -0.129. The Morgan fingerprint density at radius 3 is 2.90 bits per heavy atom. The van der Waals surface area contributed by atoms with Crippen molar-refractivity contribution in [3.05, 3.63) is 39.6 Å². The average Bonchev–Trinajstić information content (AvgIpc) is 3.27. The van der Waals surface area contributed by atoms with Gasteiger partial charge in [-0.1, -0.05) is 18.5 Å². The molecule has 10 heteroatoms. The van der Waals surface area contributed by atoms with E-state index in [0.29, 0.717) is 21.2 Å². The van der Waals surface area contributed by atoms with Crippen LogP contribution < -0.4 is 16.4 Å². The SMILES string of the molecule is CNC(=O)[C@]1(C)CC[C@@H](Nc2ncc3c(Br)nn(-c4cc(Cl)cc([C@@H](C)N)c4)c3n2)C1. The first kappa shape index (κ1) is 22.0. The third-order valence-electron chi connectivity index (χ3n) is 5.90. The van der Waals surface area contributed by atoms with Crippen LogP contribution >= 0.6 is 27.5 Å². The number of benzene rings is 1. The molecule has 1 aliphatic carbocycles. The lowest BCUT2D eigenvalue weighted by atomic mass is 9.87. The van der Waals surface area contributed by atoms with Gasteiger partial charge in [0.25, 0.3) is 0 Å². The van der Waals surface area contributed by atoms with Gasteiger partial charge in [-0.05, 0) is 65.9 Å². The van der Waals surface area contributed by atoms with Gasteiger partial charge in [0.2, 0.25) is 11.9 Å². The summed E-state index contributed by atoms with van der Waals surface area (Å²) >= 11 is 9.82. The van der Waals surface area contributed by atoms with E-state index in [2.05, 4.69) is 36.6 Å². The third kappa shape index (κ3) is 4.26. The van der Waals surface area contributed by atoms with Crippen molar-refractivity contribution in [1.29, 1.82) is 0 Å². The molecule has 1 amide bonds. The fraction of sp³-hybridized carbons (Fsp3) is 0.429. The van der Waals surface area contributed by atoms with E-state index < -0.39 is 0 Å². The highest BCUT2D eigenvalue weighted by atomic mass is 79.9. The molecular weight excluding hydrogens is 482 g/mol. The smallest absolute Gasteiger partial charge is 0.225 e. The van der Waals surface area contributed by atoms with E-state index in [1.807, 2.05) is 32.0 Å². The first-order valence-electron chi connectivity index (χ1n) is 10.2. The molecule has 1 aromatic carbocycles. The molecule has 0 aliphatic heterocycles. The highest BCUT2D eigenvalue weighted by molar-refractivity contribution is 9.10. The van der Waals surface area contributed by atoms with Crippen LogP contribution in [0.2, 0.25) is 5.02 Å². The number of anilines is 1. The predicted octanol–water partition coefficient (Wildman–Crippen LogP) is 3.97. The van der Waals surface area contributed by atoms with Gasteiger partial charge in [-0.3, -0.25) is 4.79 Å². The number of amides is 1. The summed E-state index contributed by atoms with van der Waals surface area (Å²) in [4.78, 5) is 21.4. The van der Waals surface area contributed by atoms with Crippen molar-refractivity contribution < 1.29 is 4.79 Å². The summed E-state index contributed by atoms with van der Waals surface area (Å²) in [6.07, 6.45) is 4.16. The van der Waals surface area contributed by atoms with E-state index in [-0.39, 0.29) is 23.4 Å². The number of halogens is 2. The Morgan fingerprint density at radius 2 is 2.19 bits per heavy atom. The second kappa shape index (κ2) is 8.37. The quantitative estimate of drug-likeness (QED) is 0.483. The molecule has 0 saturated heterocycles. The Morgan fingerprint density at radius 1 is 1.42 bits per heavy atom. The van der Waals surface area contributed by atoms with Crippen LogP contribution in [0.1, 0.15) is 44.7 Å². The fourth-order valence-electron chi connectivity index (χ4n) is 4.15. The standard InChI is InChI=1S/C21H25BrClN7O/c1-11(24)12-6-13(23)8-15(7-12)30-18-16(17(22)29-30)10-26-20(28-18)27-14-4-5-21(2,9-14)19(31)25-3/h6-8,10-11,14H,4-5,9,24H2,1-3H3,(H,25,31)(H,26,27,28)/t11-,14-,21-/m1/s1. The van der Waals surface area contributed by atoms with Crippen LogP contribution in [-0.4, -0.2) is 38.7 Å². The maximum absolute atomic E-state index is 12.2. The Labute approximate surface area is 194 Å². The Bertz CT molecular complexity index is 1150. The molecule has 4 N–H and O–H groups in total. The first-order chi connectivity index (χ1) is 14.7. The number of hydrogen-bond donors (Lipinski definition) is 3. The van der Waals surface area contributed by atoms with E-state index in [9.17, 15) is 4.79 Å². The molecule has 0 unspecified atom stereocenters. The molecule has 2 aromatic heterocycles. The van der Waals surface area contributed by atoms with Gasteiger partial charge in [-0.15, -0.1) is 0 Å². The van der Waals surface area contributed by atoms with Crippen molar-refractivity contribution in [3.63, 3.8) is 0 Å². The van der Waals surface area contributed by atoms with Crippen LogP contribution in [0.4, 0.5) is 5.95 Å². The normalized spacial score (nSPS) is 21.9. The van der Waals surface area contributed by atoms with E-state index >= 15 is 0 Å². The van der Waals surface area contributed by atoms with Crippen molar-refractivity contribution in [1.82, 2.24) is 25.1 Å². The van der Waals surface area contributed by atoms with Crippen LogP contribution in [-0.2, 0) is 4.79 Å². The molecule has 1 saturated carbocycles. The minimum absolute atomic E-state index is 0.0704. The maximum Gasteiger partial charge on any atom is 0.225 e. The number of aromatic nitrogens is 4. The number of nitrogens with two attached hydrogens (primary N) is 1. The maximum atomic E-state index is 12.2. The highest BCUT2D eigenvalue weighted by Crippen LogP contribution is 2.39. The summed E-state index contributed by atoms with van der Waals surface area (Å²) in [5, 5.41) is 12.1. The van der Waals surface area contributed by atoms with Gasteiger partial charge in [-0.25, -0.2) is 9.67 Å². The summed E-state index contributed by atoms with van der Waals surface area (Å²) in [5.74, 6) is 0.572. The molecule has 1 aliphatic rings. The molecule has 8 nitrogen and oxygen atoms in total. The van der Waals surface area contributed by atoms with Crippen LogP contribution in [0, 0.1) is 5.41 Å². The molecule has 3 atom stereocenters. The lowest BCUT2D eigenvalue weighted by Crippen LogP contribution is -2.35. The summed E-state index contributed by atoms with van der Waals surface area (Å²) in [7, 11) is 1.68. The van der Waals surface area contributed by atoms with Gasteiger partial charge in [0, 0.05) is 35.8 Å². The number of rotatable bonds is 5. The Hall–Kier alpha value is -2.23. The second-order valence-corrected chi connectivity index (χ2v) is 9.58. The minimum atomic E-state index is -0.378. The minimum Gasteiger partial charge on any atom is -0.359 e. The number of nitrogens with one attached hydrogen (secondary N) is 2. The summed E-state index contributed by atoms with van der Waals surface area (Å²) in [6, 6.07) is 5.59. The molecule has 1 fully saturated rings. The van der Waals surface area contributed by atoms with Crippen molar-refractivity contribution in [3.8, 4) is 5.69 Å². The number of fused-ring (bicyclic) bond motifs is 1. The zero-order valence-corrected chi connectivity index (χ0v) is 20.0. The van der Waals surface area contributed by atoms with Gasteiger partial charge in [0.1, 0.15) is 4.60 Å². The van der Waals surface area contributed by atoms with Gasteiger partial charge in [0.05, 0.1) is 11.1 Å². The third-order valence-corrected chi connectivity index (χ3v) is 6.71. The predicted molar refractivity (Wildman–Crippen MR) is 125 cm³/mol. The topological polar surface area (TPSA) is 111 Å². The van der Waals surface area contributed by atoms with Gasteiger partial charge >= 0.3 is 0 Å². The van der Waals surface area contributed by atoms with Crippen molar-refractivity contribution in [2.24, 2.45) is 11.1 Å². The van der Waals surface area contributed by atoms with Gasteiger partial charge < -0.3 is 16.4 Å². The second-order valence-electron chi connectivity index (χ2n) is 8.39. The van der Waals surface area contributed by atoms with Crippen molar-refractivity contribution in [2.45, 2.75) is 45.2 Å². The lowest BCUT2D eigenvalue weighted by Gasteiger charge is -2.22.